The Morgan fingerprint density at radius 2 is 2.10 bits per heavy atom. The first-order valence-electron chi connectivity index (χ1n) is 6.20. The number of nitro benzene ring substituents is 1. The first kappa shape index (κ1) is 14.7. The summed E-state index contributed by atoms with van der Waals surface area (Å²) in [5.74, 6) is 0. The van der Waals surface area contributed by atoms with Crippen LogP contribution in [0.2, 0.25) is 0 Å². The molecule has 0 heterocycles. The molecule has 0 radical (unpaired) electrons. The fourth-order valence-corrected chi connectivity index (χ4v) is 2.76. The van der Waals surface area contributed by atoms with E-state index in [1.807, 2.05) is 0 Å². The first-order valence-corrected chi connectivity index (χ1v) is 8.09. The molecule has 1 N–H and O–H groups in total. The van der Waals surface area contributed by atoms with Crippen molar-refractivity contribution in [3.63, 3.8) is 0 Å². The topological polar surface area (TPSA) is 101 Å². The lowest BCUT2D eigenvalue weighted by Crippen LogP contribution is -2.29. The third kappa shape index (κ3) is 3.07. The van der Waals surface area contributed by atoms with Gasteiger partial charge >= 0.3 is 0 Å². The molecule has 8 heteroatoms. The molecular formula is C12H16N2O5S. The normalized spacial score (nSPS) is 15.1. The summed E-state index contributed by atoms with van der Waals surface area (Å²) in [7, 11) is -3.49. The minimum Gasteiger partial charge on any atom is -0.395 e. The van der Waals surface area contributed by atoms with Crippen LogP contribution in [0.1, 0.15) is 12.8 Å². The average Bonchev–Trinajstić information content (AvgIpc) is 3.18. The number of anilines is 1. The van der Waals surface area contributed by atoms with E-state index in [1.54, 1.807) is 4.90 Å². The highest BCUT2D eigenvalue weighted by atomic mass is 32.2. The van der Waals surface area contributed by atoms with Crippen LogP contribution in [0, 0.1) is 10.1 Å². The molecule has 7 nitrogen and oxygen atoms in total. The standard InChI is InChI=1S/C12H16N2O5S/c1-20(18,19)10-4-5-11(12(8-10)14(16)17)13(6-7-15)9-2-3-9/h4-5,8-9,15H,2-3,6-7H2,1H3. The molecule has 110 valence electrons. The molecule has 0 saturated heterocycles. The highest BCUT2D eigenvalue weighted by Crippen LogP contribution is 2.37. The molecule has 0 amide bonds. The number of benzene rings is 1. The van der Waals surface area contributed by atoms with Crippen LogP contribution in [0.25, 0.3) is 0 Å². The van der Waals surface area contributed by atoms with Crippen LogP contribution in [0.4, 0.5) is 11.4 Å². The summed E-state index contributed by atoms with van der Waals surface area (Å²) < 4.78 is 23.0. The molecule has 0 bridgehead atoms. The number of sulfone groups is 1. The summed E-state index contributed by atoms with van der Waals surface area (Å²) in [5, 5.41) is 20.3. The first-order chi connectivity index (χ1) is 9.34. The van der Waals surface area contributed by atoms with Gasteiger partial charge in [-0.05, 0) is 25.0 Å². The average molecular weight is 300 g/mol. The van der Waals surface area contributed by atoms with Crippen LogP contribution in [0.15, 0.2) is 23.1 Å². The molecule has 1 aliphatic rings. The summed E-state index contributed by atoms with van der Waals surface area (Å²) in [4.78, 5) is 12.3. The van der Waals surface area contributed by atoms with Crippen molar-refractivity contribution in [2.24, 2.45) is 0 Å². The van der Waals surface area contributed by atoms with Gasteiger partial charge in [0.2, 0.25) is 0 Å². The Morgan fingerprint density at radius 3 is 2.55 bits per heavy atom. The smallest absolute Gasteiger partial charge is 0.293 e. The quantitative estimate of drug-likeness (QED) is 0.620. The summed E-state index contributed by atoms with van der Waals surface area (Å²) in [6, 6.07) is 4.08. The molecule has 2 rings (SSSR count). The van der Waals surface area contributed by atoms with Crippen molar-refractivity contribution in [2.45, 2.75) is 23.8 Å². The number of aliphatic hydroxyl groups excluding tert-OH is 1. The summed E-state index contributed by atoms with van der Waals surface area (Å²) in [6.07, 6.45) is 2.86. The van der Waals surface area contributed by atoms with Gasteiger partial charge in [0.15, 0.2) is 9.84 Å². The zero-order chi connectivity index (χ0) is 14.9. The van der Waals surface area contributed by atoms with Gasteiger partial charge in [0.1, 0.15) is 5.69 Å². The summed E-state index contributed by atoms with van der Waals surface area (Å²) in [6.45, 7) is 0.186. The maximum absolute atomic E-state index is 11.5. The predicted octanol–water partition coefficient (Wildman–Crippen LogP) is 0.959. The molecule has 0 atom stereocenters. The van der Waals surface area contributed by atoms with E-state index in [2.05, 4.69) is 0 Å². The molecule has 0 aliphatic heterocycles. The van der Waals surface area contributed by atoms with E-state index in [4.69, 9.17) is 5.11 Å². The van der Waals surface area contributed by atoms with Crippen LogP contribution in [0.3, 0.4) is 0 Å². The van der Waals surface area contributed by atoms with Gasteiger partial charge in [0, 0.05) is 24.9 Å². The van der Waals surface area contributed by atoms with Crippen molar-refractivity contribution >= 4 is 21.2 Å². The highest BCUT2D eigenvalue weighted by molar-refractivity contribution is 7.90. The Morgan fingerprint density at radius 1 is 1.45 bits per heavy atom. The minimum atomic E-state index is -3.49. The predicted molar refractivity (Wildman–Crippen MR) is 73.7 cm³/mol. The van der Waals surface area contributed by atoms with Gasteiger partial charge in [0.05, 0.1) is 16.4 Å². The molecule has 1 aromatic rings. The second-order valence-electron chi connectivity index (χ2n) is 4.83. The Labute approximate surface area is 116 Å². The monoisotopic (exact) mass is 300 g/mol. The van der Waals surface area contributed by atoms with Gasteiger partial charge in [-0.2, -0.15) is 0 Å². The molecule has 1 aliphatic carbocycles. The van der Waals surface area contributed by atoms with Crippen molar-refractivity contribution < 1.29 is 18.4 Å². The van der Waals surface area contributed by atoms with E-state index in [0.717, 1.165) is 25.2 Å². The van der Waals surface area contributed by atoms with Crippen LogP contribution < -0.4 is 4.90 Å². The second kappa shape index (κ2) is 5.37. The van der Waals surface area contributed by atoms with Gasteiger partial charge < -0.3 is 10.0 Å². The van der Waals surface area contributed by atoms with Gasteiger partial charge in [-0.15, -0.1) is 0 Å². The fraction of sp³-hybridized carbons (Fsp3) is 0.500. The lowest BCUT2D eigenvalue weighted by atomic mass is 10.2. The lowest BCUT2D eigenvalue weighted by Gasteiger charge is -2.23. The van der Waals surface area contributed by atoms with Crippen molar-refractivity contribution in [3.8, 4) is 0 Å². The molecule has 20 heavy (non-hydrogen) atoms. The SMILES string of the molecule is CS(=O)(=O)c1ccc(N(CCO)C2CC2)c([N+](=O)[O-])c1. The third-order valence-corrected chi connectivity index (χ3v) is 4.32. The zero-order valence-electron chi connectivity index (χ0n) is 11.0. The van der Waals surface area contributed by atoms with E-state index in [-0.39, 0.29) is 23.2 Å². The Bertz CT molecular complexity index is 625. The lowest BCUT2D eigenvalue weighted by molar-refractivity contribution is -0.384. The summed E-state index contributed by atoms with van der Waals surface area (Å²) in [5.41, 5.74) is 0.118. The Kier molecular flexibility index (Phi) is 3.96. The number of nitro groups is 1. The number of aliphatic hydroxyl groups is 1. The van der Waals surface area contributed by atoms with Crippen molar-refractivity contribution in [1.82, 2.24) is 0 Å². The molecule has 1 saturated carbocycles. The maximum atomic E-state index is 11.5. The van der Waals surface area contributed by atoms with E-state index >= 15 is 0 Å². The van der Waals surface area contributed by atoms with Gasteiger partial charge in [0.25, 0.3) is 5.69 Å². The van der Waals surface area contributed by atoms with Gasteiger partial charge in [-0.1, -0.05) is 0 Å². The van der Waals surface area contributed by atoms with Crippen LogP contribution in [0.5, 0.6) is 0 Å². The largest absolute Gasteiger partial charge is 0.395 e. The maximum Gasteiger partial charge on any atom is 0.293 e. The zero-order valence-corrected chi connectivity index (χ0v) is 11.8. The van der Waals surface area contributed by atoms with Crippen LogP contribution in [-0.2, 0) is 9.84 Å². The fourth-order valence-electron chi connectivity index (χ4n) is 2.12. The highest BCUT2D eigenvalue weighted by Gasteiger charge is 2.33. The van der Waals surface area contributed by atoms with Gasteiger partial charge in [-0.25, -0.2) is 8.42 Å². The molecule has 1 fully saturated rings. The molecular weight excluding hydrogens is 284 g/mol. The van der Waals surface area contributed by atoms with Crippen LogP contribution in [-0.4, -0.2) is 43.9 Å². The molecule has 1 aromatic carbocycles. The number of hydrogen-bond acceptors (Lipinski definition) is 6. The number of hydrogen-bond donors (Lipinski definition) is 1. The van der Waals surface area contributed by atoms with Gasteiger partial charge in [-0.3, -0.25) is 10.1 Å². The number of nitrogens with zero attached hydrogens (tertiary/aromatic N) is 2. The molecule has 0 aromatic heterocycles. The second-order valence-corrected chi connectivity index (χ2v) is 6.84. The number of rotatable bonds is 6. The third-order valence-electron chi connectivity index (χ3n) is 3.21. The molecule has 0 unspecified atom stereocenters. The van der Waals surface area contributed by atoms with Crippen molar-refractivity contribution in [3.05, 3.63) is 28.3 Å². The summed E-state index contributed by atoms with van der Waals surface area (Å²) >= 11 is 0. The van der Waals surface area contributed by atoms with E-state index < -0.39 is 14.8 Å². The minimum absolute atomic E-state index is 0.0762. The Hall–Kier alpha value is -1.67. The Balaban J connectivity index is 2.49. The van der Waals surface area contributed by atoms with E-state index in [1.165, 1.54) is 12.1 Å². The van der Waals surface area contributed by atoms with Crippen molar-refractivity contribution in [2.75, 3.05) is 24.3 Å². The van der Waals surface area contributed by atoms with E-state index in [0.29, 0.717) is 12.2 Å². The van der Waals surface area contributed by atoms with E-state index in [9.17, 15) is 18.5 Å². The molecule has 0 spiro atoms. The van der Waals surface area contributed by atoms with Crippen molar-refractivity contribution in [1.29, 1.82) is 0 Å². The van der Waals surface area contributed by atoms with Crippen LogP contribution >= 0.6 is 0 Å².